The topological polar surface area (TPSA) is 64.9 Å². The van der Waals surface area contributed by atoms with E-state index in [9.17, 15) is 4.79 Å². The first kappa shape index (κ1) is 15.0. The van der Waals surface area contributed by atoms with Crippen molar-refractivity contribution in [3.05, 3.63) is 0 Å². The molecule has 0 aromatic carbocycles. The lowest BCUT2D eigenvalue weighted by Crippen LogP contribution is -2.46. The Labute approximate surface area is 110 Å². The van der Waals surface area contributed by atoms with Crippen LogP contribution in [0.15, 0.2) is 0 Å². The van der Waals surface area contributed by atoms with E-state index in [4.69, 9.17) is 5.26 Å². The quantitative estimate of drug-likeness (QED) is 0.731. The van der Waals surface area contributed by atoms with E-state index in [0.717, 1.165) is 12.3 Å². The van der Waals surface area contributed by atoms with Crippen LogP contribution < -0.4 is 10.6 Å². The molecule has 0 aromatic heterocycles. The van der Waals surface area contributed by atoms with Crippen molar-refractivity contribution < 1.29 is 4.79 Å². The number of carbonyl (C=O) groups excluding carboxylic acids is 1. The lowest BCUT2D eigenvalue weighted by atomic mass is 9.74. The molecule has 0 aliphatic heterocycles. The van der Waals surface area contributed by atoms with Crippen LogP contribution in [0, 0.1) is 29.1 Å². The Morgan fingerprint density at radius 2 is 2.17 bits per heavy atom. The van der Waals surface area contributed by atoms with E-state index in [-0.39, 0.29) is 12.5 Å². The third-order valence-electron chi connectivity index (χ3n) is 3.91. The fourth-order valence-corrected chi connectivity index (χ4v) is 2.86. The molecular formula is C14H25N3O. The molecule has 0 heterocycles. The average molecular weight is 251 g/mol. The van der Waals surface area contributed by atoms with Crippen molar-refractivity contribution in [2.24, 2.45) is 17.8 Å². The summed E-state index contributed by atoms with van der Waals surface area (Å²) in [5, 5.41) is 14.3. The molecule has 1 aliphatic rings. The summed E-state index contributed by atoms with van der Waals surface area (Å²) < 4.78 is 0. The van der Waals surface area contributed by atoms with Crippen molar-refractivity contribution in [1.82, 2.24) is 10.6 Å². The molecule has 0 spiro atoms. The van der Waals surface area contributed by atoms with Gasteiger partial charge in [0, 0.05) is 6.04 Å². The van der Waals surface area contributed by atoms with E-state index in [2.05, 4.69) is 31.4 Å². The Bertz CT molecular complexity index is 309. The van der Waals surface area contributed by atoms with Crippen LogP contribution >= 0.6 is 0 Å². The maximum absolute atomic E-state index is 11.5. The number of hydrogen-bond donors (Lipinski definition) is 2. The molecule has 0 unspecified atom stereocenters. The molecule has 0 aromatic rings. The molecule has 102 valence electrons. The van der Waals surface area contributed by atoms with E-state index in [1.165, 1.54) is 12.8 Å². The van der Waals surface area contributed by atoms with Gasteiger partial charge < -0.3 is 10.6 Å². The second-order valence-corrected chi connectivity index (χ2v) is 5.75. The average Bonchev–Trinajstić information content (AvgIpc) is 2.33. The number of nitrogens with zero attached hydrogens (tertiary/aromatic N) is 1. The standard InChI is InChI=1S/C14H25N3O/c1-10(2)12-5-4-11(3)8-13(12)17-9-14(18)16-7-6-15/h10-13,17H,4-5,7-9H2,1-3H3,(H,16,18)/t11-,12+,13-/m1/s1. The van der Waals surface area contributed by atoms with Crippen molar-refractivity contribution in [2.45, 2.75) is 46.1 Å². The highest BCUT2D eigenvalue weighted by molar-refractivity contribution is 5.78. The van der Waals surface area contributed by atoms with Gasteiger partial charge in [-0.3, -0.25) is 4.79 Å². The van der Waals surface area contributed by atoms with Gasteiger partial charge >= 0.3 is 0 Å². The number of carbonyl (C=O) groups is 1. The minimum Gasteiger partial charge on any atom is -0.342 e. The van der Waals surface area contributed by atoms with Gasteiger partial charge in [-0.15, -0.1) is 0 Å². The van der Waals surface area contributed by atoms with Crippen LogP contribution in [0.5, 0.6) is 0 Å². The monoisotopic (exact) mass is 251 g/mol. The van der Waals surface area contributed by atoms with Crippen molar-refractivity contribution in [1.29, 1.82) is 5.26 Å². The summed E-state index contributed by atoms with van der Waals surface area (Å²) in [6.07, 6.45) is 3.69. The first-order chi connectivity index (χ1) is 8.54. The van der Waals surface area contributed by atoms with Gasteiger partial charge in [0.1, 0.15) is 6.54 Å². The lowest BCUT2D eigenvalue weighted by molar-refractivity contribution is -0.120. The minimum absolute atomic E-state index is 0.0858. The summed E-state index contributed by atoms with van der Waals surface area (Å²) in [5.41, 5.74) is 0. The number of nitrogens with one attached hydrogen (secondary N) is 2. The van der Waals surface area contributed by atoms with Crippen LogP contribution in [-0.2, 0) is 4.79 Å². The Hall–Kier alpha value is -1.08. The van der Waals surface area contributed by atoms with Crippen LogP contribution in [0.4, 0.5) is 0 Å². The lowest BCUT2D eigenvalue weighted by Gasteiger charge is -2.37. The Kier molecular flexibility index (Phi) is 6.14. The number of nitriles is 1. The van der Waals surface area contributed by atoms with Crippen molar-refractivity contribution in [3.8, 4) is 6.07 Å². The van der Waals surface area contributed by atoms with E-state index in [1.807, 2.05) is 6.07 Å². The molecule has 1 amide bonds. The van der Waals surface area contributed by atoms with Crippen LogP contribution in [0.1, 0.15) is 40.0 Å². The second kappa shape index (κ2) is 7.38. The molecule has 0 saturated heterocycles. The minimum atomic E-state index is -0.0858. The summed E-state index contributed by atoms with van der Waals surface area (Å²) >= 11 is 0. The molecule has 1 aliphatic carbocycles. The van der Waals surface area contributed by atoms with E-state index < -0.39 is 0 Å². The van der Waals surface area contributed by atoms with Gasteiger partial charge in [0.25, 0.3) is 0 Å². The summed E-state index contributed by atoms with van der Waals surface area (Å²) in [6.45, 7) is 7.20. The van der Waals surface area contributed by atoms with E-state index in [1.54, 1.807) is 0 Å². The Morgan fingerprint density at radius 3 is 2.78 bits per heavy atom. The highest BCUT2D eigenvalue weighted by Gasteiger charge is 2.30. The molecule has 3 atom stereocenters. The number of rotatable bonds is 5. The molecule has 0 radical (unpaired) electrons. The highest BCUT2D eigenvalue weighted by Crippen LogP contribution is 2.33. The van der Waals surface area contributed by atoms with Gasteiger partial charge in [-0.25, -0.2) is 0 Å². The fraction of sp³-hybridized carbons (Fsp3) is 0.857. The van der Waals surface area contributed by atoms with E-state index in [0.29, 0.717) is 24.4 Å². The molecule has 1 rings (SSSR count). The third kappa shape index (κ3) is 4.66. The molecule has 18 heavy (non-hydrogen) atoms. The molecular weight excluding hydrogens is 226 g/mol. The molecule has 2 N–H and O–H groups in total. The zero-order chi connectivity index (χ0) is 13.5. The predicted octanol–water partition coefficient (Wildman–Crippen LogP) is 1.68. The van der Waals surface area contributed by atoms with Crippen LogP contribution in [0.3, 0.4) is 0 Å². The first-order valence-electron chi connectivity index (χ1n) is 6.91. The van der Waals surface area contributed by atoms with Gasteiger partial charge in [-0.1, -0.05) is 27.2 Å². The van der Waals surface area contributed by atoms with E-state index >= 15 is 0 Å². The van der Waals surface area contributed by atoms with Crippen LogP contribution in [0.25, 0.3) is 0 Å². The van der Waals surface area contributed by atoms with Gasteiger partial charge in [-0.05, 0) is 30.6 Å². The highest BCUT2D eigenvalue weighted by atomic mass is 16.1. The molecule has 4 heteroatoms. The predicted molar refractivity (Wildman–Crippen MR) is 71.8 cm³/mol. The SMILES string of the molecule is CC(C)[C@@H]1CC[C@@H](C)C[C@H]1NCC(=O)NCC#N. The van der Waals surface area contributed by atoms with Gasteiger partial charge in [0.05, 0.1) is 12.6 Å². The first-order valence-corrected chi connectivity index (χ1v) is 6.91. The van der Waals surface area contributed by atoms with Gasteiger partial charge in [-0.2, -0.15) is 5.26 Å². The van der Waals surface area contributed by atoms with Gasteiger partial charge in [0.15, 0.2) is 0 Å². The summed E-state index contributed by atoms with van der Waals surface area (Å²) in [4.78, 5) is 11.5. The molecule has 4 nitrogen and oxygen atoms in total. The zero-order valence-corrected chi connectivity index (χ0v) is 11.7. The molecule has 1 saturated carbocycles. The normalized spacial score (nSPS) is 27.8. The fourth-order valence-electron chi connectivity index (χ4n) is 2.86. The molecule has 1 fully saturated rings. The molecule has 0 bridgehead atoms. The number of hydrogen-bond acceptors (Lipinski definition) is 3. The van der Waals surface area contributed by atoms with Crippen molar-refractivity contribution in [3.63, 3.8) is 0 Å². The van der Waals surface area contributed by atoms with Crippen LogP contribution in [0.2, 0.25) is 0 Å². The van der Waals surface area contributed by atoms with Crippen molar-refractivity contribution >= 4 is 5.91 Å². The zero-order valence-electron chi connectivity index (χ0n) is 11.7. The summed E-state index contributed by atoms with van der Waals surface area (Å²) in [7, 11) is 0. The largest absolute Gasteiger partial charge is 0.342 e. The summed E-state index contributed by atoms with van der Waals surface area (Å²) in [6, 6.07) is 2.34. The van der Waals surface area contributed by atoms with Crippen molar-refractivity contribution in [2.75, 3.05) is 13.1 Å². The number of amides is 1. The Morgan fingerprint density at radius 1 is 1.44 bits per heavy atom. The van der Waals surface area contributed by atoms with Crippen LogP contribution in [-0.4, -0.2) is 25.0 Å². The maximum atomic E-state index is 11.5. The maximum Gasteiger partial charge on any atom is 0.234 e. The Balaban J connectivity index is 2.41. The third-order valence-corrected chi connectivity index (χ3v) is 3.91. The summed E-state index contributed by atoms with van der Waals surface area (Å²) in [5.74, 6) is 1.96. The van der Waals surface area contributed by atoms with Gasteiger partial charge in [0.2, 0.25) is 5.91 Å². The smallest absolute Gasteiger partial charge is 0.234 e. The second-order valence-electron chi connectivity index (χ2n) is 5.75.